The highest BCUT2D eigenvalue weighted by atomic mass is 32.2. The summed E-state index contributed by atoms with van der Waals surface area (Å²) in [5.74, 6) is -0.338. The first-order valence-corrected chi connectivity index (χ1v) is 7.34. The maximum Gasteiger partial charge on any atom is 0.337 e. The highest BCUT2D eigenvalue weighted by molar-refractivity contribution is 7.92. The molecule has 1 aliphatic rings. The van der Waals surface area contributed by atoms with E-state index in [-0.39, 0.29) is 11.1 Å². The van der Waals surface area contributed by atoms with Crippen LogP contribution in [-0.2, 0) is 21.0 Å². The molecule has 0 spiro atoms. The summed E-state index contributed by atoms with van der Waals surface area (Å²) in [5, 5.41) is 2.49. The summed E-state index contributed by atoms with van der Waals surface area (Å²) in [4.78, 5) is 11.2. The molecule has 0 amide bonds. The van der Waals surface area contributed by atoms with E-state index in [1.165, 1.54) is 7.11 Å². The minimum atomic E-state index is -3.02. The number of carbonyl (C=O) groups is 1. The van der Waals surface area contributed by atoms with Crippen LogP contribution in [0.5, 0.6) is 0 Å². The summed E-state index contributed by atoms with van der Waals surface area (Å²) in [6, 6.07) is 6.83. The van der Waals surface area contributed by atoms with Crippen molar-refractivity contribution < 1.29 is 17.9 Å². The molecular weight excluding hydrogens is 254 g/mol. The molecule has 0 aliphatic carbocycles. The third-order valence-electron chi connectivity index (χ3n) is 3.02. The maximum absolute atomic E-state index is 11.7. The number of hydrogen-bond donors (Lipinski definition) is 1. The molecule has 0 bridgehead atoms. The fourth-order valence-electron chi connectivity index (χ4n) is 1.96. The van der Waals surface area contributed by atoms with Gasteiger partial charge in [-0.15, -0.1) is 0 Å². The van der Waals surface area contributed by atoms with Crippen molar-refractivity contribution in [3.63, 3.8) is 0 Å². The summed E-state index contributed by atoms with van der Waals surface area (Å²) >= 11 is 0. The highest BCUT2D eigenvalue weighted by Crippen LogP contribution is 2.15. The Kier molecular flexibility index (Phi) is 3.68. The van der Waals surface area contributed by atoms with Gasteiger partial charge in [-0.3, -0.25) is 0 Å². The molecule has 0 saturated carbocycles. The molecule has 1 aromatic rings. The molecule has 1 N–H and O–H groups in total. The van der Waals surface area contributed by atoms with Crippen molar-refractivity contribution in [1.29, 1.82) is 0 Å². The third-order valence-corrected chi connectivity index (χ3v) is 4.98. The number of methoxy groups -OCH3 is 1. The second-order valence-corrected chi connectivity index (χ2v) is 6.56. The quantitative estimate of drug-likeness (QED) is 0.802. The van der Waals surface area contributed by atoms with E-state index < -0.39 is 15.8 Å². The fraction of sp³-hybridized carbons (Fsp3) is 0.417. The van der Waals surface area contributed by atoms with Crippen LogP contribution in [0.4, 0.5) is 0 Å². The summed E-state index contributed by atoms with van der Waals surface area (Å²) in [6.07, 6.45) is 0.469. The molecule has 98 valence electrons. The molecule has 0 radical (unpaired) electrons. The van der Waals surface area contributed by atoms with Gasteiger partial charge in [-0.2, -0.15) is 0 Å². The Balaban J connectivity index is 2.09. The van der Waals surface area contributed by atoms with E-state index in [2.05, 4.69) is 10.1 Å². The van der Waals surface area contributed by atoms with Gasteiger partial charge in [0.25, 0.3) is 0 Å². The molecule has 5 nitrogen and oxygen atoms in total. The van der Waals surface area contributed by atoms with Crippen molar-refractivity contribution in [2.24, 2.45) is 0 Å². The number of ether oxygens (including phenoxy) is 1. The number of esters is 1. The zero-order chi connectivity index (χ0) is 13.2. The lowest BCUT2D eigenvalue weighted by Crippen LogP contribution is -2.21. The zero-order valence-corrected chi connectivity index (χ0v) is 10.9. The van der Waals surface area contributed by atoms with Gasteiger partial charge in [-0.1, -0.05) is 12.1 Å². The average Bonchev–Trinajstić information content (AvgIpc) is 2.69. The van der Waals surface area contributed by atoms with Gasteiger partial charge < -0.3 is 10.1 Å². The fourth-order valence-corrected chi connectivity index (χ4v) is 3.42. The molecule has 1 unspecified atom stereocenters. The van der Waals surface area contributed by atoms with Gasteiger partial charge in [-0.25, -0.2) is 13.2 Å². The SMILES string of the molecule is COC(=O)c1ccc(CC2CNCS2(=O)=O)cc1. The number of sulfone groups is 1. The lowest BCUT2D eigenvalue weighted by molar-refractivity contribution is 0.0600. The smallest absolute Gasteiger partial charge is 0.337 e. The molecule has 1 fully saturated rings. The van der Waals surface area contributed by atoms with E-state index in [0.717, 1.165) is 5.56 Å². The maximum atomic E-state index is 11.7. The van der Waals surface area contributed by atoms with Crippen molar-refractivity contribution in [3.8, 4) is 0 Å². The molecule has 6 heteroatoms. The van der Waals surface area contributed by atoms with Crippen LogP contribution in [0.1, 0.15) is 15.9 Å². The van der Waals surface area contributed by atoms with E-state index in [0.29, 0.717) is 18.5 Å². The van der Waals surface area contributed by atoms with Gasteiger partial charge in [0, 0.05) is 6.54 Å². The summed E-state index contributed by atoms with van der Waals surface area (Å²) in [5.41, 5.74) is 1.37. The van der Waals surface area contributed by atoms with Crippen LogP contribution >= 0.6 is 0 Å². The lowest BCUT2D eigenvalue weighted by atomic mass is 10.1. The first kappa shape index (κ1) is 13.0. The molecule has 1 saturated heterocycles. The van der Waals surface area contributed by atoms with Crippen LogP contribution in [0.3, 0.4) is 0 Å². The van der Waals surface area contributed by atoms with Crippen molar-refractivity contribution in [2.45, 2.75) is 11.7 Å². The van der Waals surface area contributed by atoms with Gasteiger partial charge in [0.15, 0.2) is 9.84 Å². The van der Waals surface area contributed by atoms with E-state index in [9.17, 15) is 13.2 Å². The van der Waals surface area contributed by atoms with Crippen molar-refractivity contribution in [2.75, 3.05) is 19.5 Å². The van der Waals surface area contributed by atoms with E-state index >= 15 is 0 Å². The van der Waals surface area contributed by atoms with Gasteiger partial charge in [0.05, 0.1) is 23.8 Å². The molecule has 1 aromatic carbocycles. The van der Waals surface area contributed by atoms with Crippen LogP contribution < -0.4 is 5.32 Å². The molecule has 2 rings (SSSR count). The van der Waals surface area contributed by atoms with Crippen molar-refractivity contribution in [1.82, 2.24) is 5.32 Å². The zero-order valence-electron chi connectivity index (χ0n) is 10.0. The van der Waals surface area contributed by atoms with Gasteiger partial charge in [0.2, 0.25) is 0 Å². The average molecular weight is 269 g/mol. The second kappa shape index (κ2) is 5.07. The van der Waals surface area contributed by atoms with E-state index in [1.54, 1.807) is 24.3 Å². The van der Waals surface area contributed by atoms with Crippen LogP contribution in [0.15, 0.2) is 24.3 Å². The van der Waals surface area contributed by atoms with Crippen molar-refractivity contribution >= 4 is 15.8 Å². The van der Waals surface area contributed by atoms with Gasteiger partial charge in [0.1, 0.15) is 0 Å². The number of rotatable bonds is 3. The standard InChI is InChI=1S/C12H15NO4S/c1-17-12(14)10-4-2-9(3-5-10)6-11-7-13-8-18(11,15)16/h2-5,11,13H,6-8H2,1H3. The normalized spacial score (nSPS) is 21.7. The second-order valence-electron chi connectivity index (χ2n) is 4.28. The van der Waals surface area contributed by atoms with E-state index in [4.69, 9.17) is 0 Å². The van der Waals surface area contributed by atoms with Gasteiger partial charge in [-0.05, 0) is 24.1 Å². The Labute approximate surface area is 106 Å². The Morgan fingerprint density at radius 1 is 1.39 bits per heavy atom. The minimum Gasteiger partial charge on any atom is -0.465 e. The molecular formula is C12H15NO4S. The third kappa shape index (κ3) is 2.70. The number of carbonyl (C=O) groups excluding carboxylic acids is 1. The highest BCUT2D eigenvalue weighted by Gasteiger charge is 2.30. The molecule has 1 aliphatic heterocycles. The monoisotopic (exact) mass is 269 g/mol. The van der Waals surface area contributed by atoms with Crippen LogP contribution in [-0.4, -0.2) is 39.2 Å². The van der Waals surface area contributed by atoms with Crippen LogP contribution in [0.25, 0.3) is 0 Å². The van der Waals surface area contributed by atoms with Gasteiger partial charge >= 0.3 is 5.97 Å². The predicted molar refractivity (Wildman–Crippen MR) is 67.1 cm³/mol. The lowest BCUT2D eigenvalue weighted by Gasteiger charge is -2.08. The molecule has 1 heterocycles. The minimum absolute atomic E-state index is 0.0535. The van der Waals surface area contributed by atoms with Crippen molar-refractivity contribution in [3.05, 3.63) is 35.4 Å². The Bertz CT molecular complexity index is 536. The Hall–Kier alpha value is -1.40. The Morgan fingerprint density at radius 2 is 2.06 bits per heavy atom. The summed E-state index contributed by atoms with van der Waals surface area (Å²) in [7, 11) is -1.69. The number of nitrogens with one attached hydrogen (secondary N) is 1. The molecule has 18 heavy (non-hydrogen) atoms. The summed E-state index contributed by atoms with van der Waals surface area (Å²) in [6.45, 7) is 0.487. The number of benzene rings is 1. The first-order chi connectivity index (χ1) is 8.53. The van der Waals surface area contributed by atoms with Crippen LogP contribution in [0, 0.1) is 0 Å². The topological polar surface area (TPSA) is 72.5 Å². The summed E-state index contributed by atoms with van der Waals surface area (Å²) < 4.78 is 27.9. The molecule has 0 aromatic heterocycles. The Morgan fingerprint density at radius 3 is 2.56 bits per heavy atom. The van der Waals surface area contributed by atoms with Crippen LogP contribution in [0.2, 0.25) is 0 Å². The largest absolute Gasteiger partial charge is 0.465 e. The predicted octanol–water partition coefficient (Wildman–Crippen LogP) is 0.360. The van der Waals surface area contributed by atoms with E-state index in [1.807, 2.05) is 0 Å². The number of hydrogen-bond acceptors (Lipinski definition) is 5. The first-order valence-electron chi connectivity index (χ1n) is 5.62. The molecule has 1 atom stereocenters.